The fraction of sp³-hybridized carbons (Fsp3) is 0.857. The second-order valence-electron chi connectivity index (χ2n) is 5.35. The molecule has 0 aromatic rings. The number of carbonyl (C=O) groups excluding carboxylic acids is 1. The molecule has 1 aliphatic rings. The van der Waals surface area contributed by atoms with Gasteiger partial charge in [-0.05, 0) is 24.7 Å². The van der Waals surface area contributed by atoms with E-state index in [0.29, 0.717) is 25.6 Å². The van der Waals surface area contributed by atoms with E-state index >= 15 is 0 Å². The maximum atomic E-state index is 11.9. The van der Waals surface area contributed by atoms with Crippen molar-refractivity contribution >= 4 is 6.09 Å². The van der Waals surface area contributed by atoms with Gasteiger partial charge in [0.15, 0.2) is 0 Å². The first-order chi connectivity index (χ1) is 8.60. The second kappa shape index (κ2) is 7.25. The molecule has 18 heavy (non-hydrogen) atoms. The van der Waals surface area contributed by atoms with Crippen LogP contribution >= 0.6 is 0 Å². The minimum atomic E-state index is -0.217. The summed E-state index contributed by atoms with van der Waals surface area (Å²) in [4.78, 5) is 13.6. The van der Waals surface area contributed by atoms with Crippen LogP contribution in [-0.4, -0.2) is 30.7 Å². The van der Waals surface area contributed by atoms with Crippen LogP contribution in [0.25, 0.3) is 0 Å². The third kappa shape index (κ3) is 3.90. The maximum absolute atomic E-state index is 11.9. The van der Waals surface area contributed by atoms with Crippen LogP contribution in [0.2, 0.25) is 0 Å². The van der Waals surface area contributed by atoms with Crippen LogP contribution < -0.4 is 0 Å². The minimum Gasteiger partial charge on any atom is -0.449 e. The van der Waals surface area contributed by atoms with Crippen LogP contribution in [0.1, 0.15) is 40.0 Å². The molecule has 0 bridgehead atoms. The molecular weight excluding hydrogens is 228 g/mol. The largest absolute Gasteiger partial charge is 0.449 e. The van der Waals surface area contributed by atoms with Crippen molar-refractivity contribution in [3.63, 3.8) is 0 Å². The molecule has 1 fully saturated rings. The molecule has 1 rings (SSSR count). The number of unbranched alkanes of at least 4 members (excludes halogenated alkanes) is 1. The fourth-order valence-corrected chi connectivity index (χ4v) is 2.38. The van der Waals surface area contributed by atoms with Crippen molar-refractivity contribution in [2.24, 2.45) is 17.8 Å². The van der Waals surface area contributed by atoms with Crippen LogP contribution in [0.4, 0.5) is 4.79 Å². The van der Waals surface area contributed by atoms with E-state index < -0.39 is 0 Å². The summed E-state index contributed by atoms with van der Waals surface area (Å²) in [6.07, 6.45) is 2.49. The van der Waals surface area contributed by atoms with Gasteiger partial charge in [-0.25, -0.2) is 4.79 Å². The Morgan fingerprint density at radius 1 is 1.56 bits per heavy atom. The highest BCUT2D eigenvalue weighted by Gasteiger charge is 2.33. The summed E-state index contributed by atoms with van der Waals surface area (Å²) in [5, 5.41) is 9.12. The molecule has 0 aliphatic carbocycles. The van der Waals surface area contributed by atoms with Crippen LogP contribution in [0, 0.1) is 29.1 Å². The van der Waals surface area contributed by atoms with Gasteiger partial charge in [-0.2, -0.15) is 5.26 Å². The molecule has 1 saturated heterocycles. The summed E-state index contributed by atoms with van der Waals surface area (Å²) in [7, 11) is 0. The summed E-state index contributed by atoms with van der Waals surface area (Å²) < 4.78 is 5.22. The molecule has 2 unspecified atom stereocenters. The van der Waals surface area contributed by atoms with Gasteiger partial charge in [-0.1, -0.05) is 27.2 Å². The van der Waals surface area contributed by atoms with Crippen molar-refractivity contribution in [3.8, 4) is 6.07 Å². The molecule has 1 aliphatic heterocycles. The zero-order valence-electron chi connectivity index (χ0n) is 11.7. The SMILES string of the molecule is CCCCOC(=O)N1CCC(C#N)C(C(C)C)C1. The summed E-state index contributed by atoms with van der Waals surface area (Å²) in [6, 6.07) is 2.37. The predicted octanol–water partition coefficient (Wildman–Crippen LogP) is 3.04. The average molecular weight is 252 g/mol. The summed E-state index contributed by atoms with van der Waals surface area (Å²) in [5.74, 6) is 0.757. The third-order valence-electron chi connectivity index (χ3n) is 3.66. The van der Waals surface area contributed by atoms with Gasteiger partial charge in [-0.15, -0.1) is 0 Å². The molecule has 1 heterocycles. The van der Waals surface area contributed by atoms with Gasteiger partial charge in [0.1, 0.15) is 0 Å². The molecule has 1 amide bonds. The van der Waals surface area contributed by atoms with Crippen LogP contribution in [0.5, 0.6) is 0 Å². The lowest BCUT2D eigenvalue weighted by molar-refractivity contribution is 0.0665. The number of nitrogens with zero attached hydrogens (tertiary/aromatic N) is 2. The number of amides is 1. The third-order valence-corrected chi connectivity index (χ3v) is 3.66. The maximum Gasteiger partial charge on any atom is 0.409 e. The van der Waals surface area contributed by atoms with E-state index in [9.17, 15) is 4.79 Å². The second-order valence-corrected chi connectivity index (χ2v) is 5.35. The fourth-order valence-electron chi connectivity index (χ4n) is 2.38. The lowest BCUT2D eigenvalue weighted by Gasteiger charge is -2.37. The molecule has 4 heteroatoms. The number of nitriles is 1. The van der Waals surface area contributed by atoms with Crippen molar-refractivity contribution < 1.29 is 9.53 Å². The number of carbonyl (C=O) groups is 1. The Hall–Kier alpha value is -1.24. The number of piperidine rings is 1. The van der Waals surface area contributed by atoms with Crippen molar-refractivity contribution in [1.82, 2.24) is 4.90 Å². The Morgan fingerprint density at radius 2 is 2.28 bits per heavy atom. The van der Waals surface area contributed by atoms with E-state index in [0.717, 1.165) is 19.3 Å². The molecule has 0 N–H and O–H groups in total. The zero-order valence-corrected chi connectivity index (χ0v) is 11.7. The molecule has 0 aromatic carbocycles. The normalized spacial score (nSPS) is 23.8. The van der Waals surface area contributed by atoms with E-state index in [1.165, 1.54) is 0 Å². The molecule has 0 radical (unpaired) electrons. The number of hydrogen-bond acceptors (Lipinski definition) is 3. The molecule has 0 saturated carbocycles. The summed E-state index contributed by atoms with van der Waals surface area (Å²) in [5.41, 5.74) is 0. The monoisotopic (exact) mass is 252 g/mol. The first-order valence-corrected chi connectivity index (χ1v) is 6.91. The van der Waals surface area contributed by atoms with E-state index in [1.54, 1.807) is 4.90 Å². The number of likely N-dealkylation sites (tertiary alicyclic amines) is 1. The first-order valence-electron chi connectivity index (χ1n) is 6.91. The van der Waals surface area contributed by atoms with Gasteiger partial charge in [0, 0.05) is 13.1 Å². The Labute approximate surface area is 110 Å². The van der Waals surface area contributed by atoms with Gasteiger partial charge >= 0.3 is 6.09 Å². The van der Waals surface area contributed by atoms with E-state index in [-0.39, 0.29) is 17.9 Å². The quantitative estimate of drug-likeness (QED) is 0.723. The van der Waals surface area contributed by atoms with Crippen LogP contribution in [0.15, 0.2) is 0 Å². The number of ether oxygens (including phenoxy) is 1. The van der Waals surface area contributed by atoms with Gasteiger partial charge in [-0.3, -0.25) is 0 Å². The Balaban J connectivity index is 2.50. The molecule has 0 spiro atoms. The molecule has 2 atom stereocenters. The topological polar surface area (TPSA) is 53.3 Å². The van der Waals surface area contributed by atoms with E-state index in [4.69, 9.17) is 10.00 Å². The summed E-state index contributed by atoms with van der Waals surface area (Å²) in [6.45, 7) is 8.09. The van der Waals surface area contributed by atoms with Gasteiger partial charge < -0.3 is 9.64 Å². The van der Waals surface area contributed by atoms with Crippen molar-refractivity contribution in [2.75, 3.05) is 19.7 Å². The van der Waals surface area contributed by atoms with Gasteiger partial charge in [0.25, 0.3) is 0 Å². The highest BCUT2D eigenvalue weighted by molar-refractivity contribution is 5.67. The zero-order chi connectivity index (χ0) is 13.5. The Bertz CT molecular complexity index is 309. The average Bonchev–Trinajstić information content (AvgIpc) is 2.38. The van der Waals surface area contributed by atoms with Crippen LogP contribution in [-0.2, 0) is 4.74 Å². The highest BCUT2D eigenvalue weighted by atomic mass is 16.6. The minimum absolute atomic E-state index is 0.0738. The standard InChI is InChI=1S/C14H24N2O2/c1-4-5-8-18-14(17)16-7-6-12(9-15)13(10-16)11(2)3/h11-13H,4-8,10H2,1-3H3. The smallest absolute Gasteiger partial charge is 0.409 e. The van der Waals surface area contributed by atoms with E-state index in [2.05, 4.69) is 26.8 Å². The highest BCUT2D eigenvalue weighted by Crippen LogP contribution is 2.29. The first kappa shape index (κ1) is 14.8. The van der Waals surface area contributed by atoms with Crippen molar-refractivity contribution in [2.45, 2.75) is 40.0 Å². The molecule has 102 valence electrons. The van der Waals surface area contributed by atoms with Gasteiger partial charge in [0.2, 0.25) is 0 Å². The Kier molecular flexibility index (Phi) is 5.97. The van der Waals surface area contributed by atoms with Gasteiger partial charge in [0.05, 0.1) is 18.6 Å². The van der Waals surface area contributed by atoms with Crippen molar-refractivity contribution in [3.05, 3.63) is 0 Å². The van der Waals surface area contributed by atoms with Crippen molar-refractivity contribution in [1.29, 1.82) is 5.26 Å². The lowest BCUT2D eigenvalue weighted by Crippen LogP contribution is -2.45. The number of rotatable bonds is 4. The lowest BCUT2D eigenvalue weighted by atomic mass is 9.79. The molecule has 0 aromatic heterocycles. The molecular formula is C14H24N2O2. The molecule has 4 nitrogen and oxygen atoms in total. The van der Waals surface area contributed by atoms with E-state index in [1.807, 2.05) is 0 Å². The van der Waals surface area contributed by atoms with Crippen LogP contribution in [0.3, 0.4) is 0 Å². The Morgan fingerprint density at radius 3 is 2.83 bits per heavy atom. The number of hydrogen-bond donors (Lipinski definition) is 0. The predicted molar refractivity (Wildman–Crippen MR) is 69.9 cm³/mol. The summed E-state index contributed by atoms with van der Waals surface area (Å²) >= 11 is 0.